The predicted octanol–water partition coefficient (Wildman–Crippen LogP) is 3.99. The number of hydrogen-bond donors (Lipinski definition) is 1. The molecule has 0 aromatic heterocycles. The van der Waals surface area contributed by atoms with Gasteiger partial charge in [-0.25, -0.2) is 0 Å². The summed E-state index contributed by atoms with van der Waals surface area (Å²) in [5, 5.41) is 13.6. The summed E-state index contributed by atoms with van der Waals surface area (Å²) in [5.74, 6) is 0.980. The molecule has 0 saturated heterocycles. The van der Waals surface area contributed by atoms with Crippen LogP contribution < -0.4 is 10.2 Å². The van der Waals surface area contributed by atoms with Gasteiger partial charge in [0.05, 0.1) is 10.7 Å². The lowest BCUT2D eigenvalue weighted by Gasteiger charge is -2.21. The van der Waals surface area contributed by atoms with Crippen molar-refractivity contribution in [3.05, 3.63) is 69.8 Å². The highest BCUT2D eigenvalue weighted by molar-refractivity contribution is 7.99. The fourth-order valence-corrected chi connectivity index (χ4v) is 3.46. The molecule has 0 atom stereocenters. The van der Waals surface area contributed by atoms with Crippen LogP contribution in [-0.4, -0.2) is 29.7 Å². The molecule has 144 valence electrons. The van der Waals surface area contributed by atoms with Gasteiger partial charge in [0, 0.05) is 43.2 Å². The van der Waals surface area contributed by atoms with E-state index >= 15 is 0 Å². The fourth-order valence-electron chi connectivity index (χ4n) is 2.64. The monoisotopic (exact) mass is 387 g/mol. The van der Waals surface area contributed by atoms with Crippen molar-refractivity contribution in [2.24, 2.45) is 0 Å². The first kappa shape index (κ1) is 20.8. The molecule has 7 heteroatoms. The zero-order valence-corrected chi connectivity index (χ0v) is 16.5. The van der Waals surface area contributed by atoms with Gasteiger partial charge in [-0.3, -0.25) is 14.9 Å². The lowest BCUT2D eigenvalue weighted by Crippen LogP contribution is -2.25. The van der Waals surface area contributed by atoms with E-state index in [0.717, 1.165) is 24.2 Å². The summed E-state index contributed by atoms with van der Waals surface area (Å²) in [6.45, 7) is 6.71. The third-order valence-corrected chi connectivity index (χ3v) is 5.21. The first-order valence-corrected chi connectivity index (χ1v) is 10.1. The first-order valence-electron chi connectivity index (χ1n) is 8.95. The van der Waals surface area contributed by atoms with Crippen molar-refractivity contribution in [2.75, 3.05) is 23.7 Å². The Morgan fingerprint density at radius 2 is 1.63 bits per heavy atom. The Kier molecular flexibility index (Phi) is 8.13. The normalized spacial score (nSPS) is 10.4. The van der Waals surface area contributed by atoms with Crippen molar-refractivity contribution in [1.82, 2.24) is 5.32 Å². The molecular formula is C20H25N3O3S. The van der Waals surface area contributed by atoms with E-state index in [4.69, 9.17) is 0 Å². The number of rotatable bonds is 10. The van der Waals surface area contributed by atoms with Gasteiger partial charge < -0.3 is 10.2 Å². The molecule has 2 rings (SSSR count). The molecule has 0 aliphatic rings. The van der Waals surface area contributed by atoms with Crippen molar-refractivity contribution in [3.8, 4) is 0 Å². The van der Waals surface area contributed by atoms with Gasteiger partial charge in [-0.2, -0.15) is 0 Å². The highest BCUT2D eigenvalue weighted by atomic mass is 32.2. The van der Waals surface area contributed by atoms with Crippen molar-refractivity contribution in [1.29, 1.82) is 0 Å². The molecule has 0 saturated carbocycles. The van der Waals surface area contributed by atoms with E-state index in [9.17, 15) is 14.9 Å². The smallest absolute Gasteiger partial charge is 0.269 e. The number of nitro groups is 1. The zero-order valence-electron chi connectivity index (χ0n) is 15.7. The van der Waals surface area contributed by atoms with E-state index in [0.29, 0.717) is 18.1 Å². The minimum atomic E-state index is -0.418. The van der Waals surface area contributed by atoms with Crippen LogP contribution in [0.2, 0.25) is 0 Å². The number of nitrogens with one attached hydrogen (secondary N) is 1. The molecule has 0 unspecified atom stereocenters. The van der Waals surface area contributed by atoms with E-state index in [1.165, 1.54) is 29.6 Å². The molecule has 0 heterocycles. The lowest BCUT2D eigenvalue weighted by molar-refractivity contribution is -0.384. The van der Waals surface area contributed by atoms with Gasteiger partial charge in [0.2, 0.25) is 5.91 Å². The standard InChI is InChI=1S/C20H25N3O3S/c1-3-22(4-2)18-9-5-16(6-10-18)13-21-20(24)15-27-14-17-7-11-19(12-8-17)23(25)26/h5-12H,3-4,13-15H2,1-2H3,(H,21,24). The number of anilines is 1. The van der Waals surface area contributed by atoms with Gasteiger partial charge in [0.15, 0.2) is 0 Å². The fraction of sp³-hybridized carbons (Fsp3) is 0.350. The van der Waals surface area contributed by atoms with E-state index in [-0.39, 0.29) is 11.6 Å². The first-order chi connectivity index (χ1) is 13.0. The highest BCUT2D eigenvalue weighted by Crippen LogP contribution is 2.17. The summed E-state index contributed by atoms with van der Waals surface area (Å²) in [6.07, 6.45) is 0. The van der Waals surface area contributed by atoms with Crippen LogP contribution >= 0.6 is 11.8 Å². The summed E-state index contributed by atoms with van der Waals surface area (Å²) in [5.41, 5.74) is 3.30. The molecule has 0 bridgehead atoms. The maximum atomic E-state index is 12.0. The van der Waals surface area contributed by atoms with Crippen LogP contribution in [0, 0.1) is 10.1 Å². The van der Waals surface area contributed by atoms with Gasteiger partial charge in [-0.1, -0.05) is 24.3 Å². The maximum Gasteiger partial charge on any atom is 0.269 e. The summed E-state index contributed by atoms with van der Waals surface area (Å²) in [6, 6.07) is 14.7. The number of non-ortho nitro benzene ring substituents is 1. The van der Waals surface area contributed by atoms with Crippen molar-refractivity contribution < 1.29 is 9.72 Å². The molecule has 0 aliphatic heterocycles. The minimum Gasteiger partial charge on any atom is -0.372 e. The summed E-state index contributed by atoms with van der Waals surface area (Å²) < 4.78 is 0. The number of nitro benzene ring substituents is 1. The highest BCUT2D eigenvalue weighted by Gasteiger charge is 2.06. The third kappa shape index (κ3) is 6.60. The van der Waals surface area contributed by atoms with Crippen LogP contribution in [0.4, 0.5) is 11.4 Å². The van der Waals surface area contributed by atoms with Crippen LogP contribution in [-0.2, 0) is 17.1 Å². The summed E-state index contributed by atoms with van der Waals surface area (Å²) in [7, 11) is 0. The number of carbonyl (C=O) groups is 1. The Labute approximate surface area is 164 Å². The van der Waals surface area contributed by atoms with Gasteiger partial charge >= 0.3 is 0 Å². The molecule has 6 nitrogen and oxygen atoms in total. The van der Waals surface area contributed by atoms with E-state index in [2.05, 4.69) is 36.2 Å². The largest absolute Gasteiger partial charge is 0.372 e. The molecule has 0 fully saturated rings. The zero-order chi connectivity index (χ0) is 19.6. The Hall–Kier alpha value is -2.54. The Morgan fingerprint density at radius 1 is 1.04 bits per heavy atom. The van der Waals surface area contributed by atoms with Crippen LogP contribution in [0.5, 0.6) is 0 Å². The number of amides is 1. The molecule has 0 radical (unpaired) electrons. The van der Waals surface area contributed by atoms with Crippen LogP contribution in [0.25, 0.3) is 0 Å². The predicted molar refractivity (Wildman–Crippen MR) is 111 cm³/mol. The van der Waals surface area contributed by atoms with Crippen molar-refractivity contribution >= 4 is 29.0 Å². The quantitative estimate of drug-likeness (QED) is 0.493. The SMILES string of the molecule is CCN(CC)c1ccc(CNC(=O)CSCc2ccc([N+](=O)[O-])cc2)cc1. The lowest BCUT2D eigenvalue weighted by atomic mass is 10.2. The van der Waals surface area contributed by atoms with Crippen LogP contribution in [0.1, 0.15) is 25.0 Å². The second-order valence-corrected chi connectivity index (χ2v) is 7.02. The third-order valence-electron chi connectivity index (χ3n) is 4.20. The van der Waals surface area contributed by atoms with Gasteiger partial charge in [0.1, 0.15) is 0 Å². The van der Waals surface area contributed by atoms with Gasteiger partial charge in [-0.05, 0) is 37.1 Å². The number of hydrogen-bond acceptors (Lipinski definition) is 5. The van der Waals surface area contributed by atoms with Crippen LogP contribution in [0.15, 0.2) is 48.5 Å². The van der Waals surface area contributed by atoms with Gasteiger partial charge in [-0.15, -0.1) is 11.8 Å². The summed E-state index contributed by atoms with van der Waals surface area (Å²) >= 11 is 1.49. The maximum absolute atomic E-state index is 12.0. The van der Waals surface area contributed by atoms with E-state index in [1.54, 1.807) is 12.1 Å². The second-order valence-electron chi connectivity index (χ2n) is 6.03. The van der Waals surface area contributed by atoms with Crippen molar-refractivity contribution in [2.45, 2.75) is 26.1 Å². The Bertz CT molecular complexity index is 744. The van der Waals surface area contributed by atoms with Crippen molar-refractivity contribution in [3.63, 3.8) is 0 Å². The molecule has 1 amide bonds. The second kappa shape index (κ2) is 10.6. The number of nitrogens with zero attached hydrogens (tertiary/aromatic N) is 2. The molecule has 0 aliphatic carbocycles. The number of carbonyl (C=O) groups excluding carboxylic acids is 1. The molecular weight excluding hydrogens is 362 g/mol. The Morgan fingerprint density at radius 3 is 2.19 bits per heavy atom. The molecule has 0 spiro atoms. The van der Waals surface area contributed by atoms with E-state index < -0.39 is 4.92 Å². The average molecular weight is 388 g/mol. The minimum absolute atomic E-state index is 0.0188. The molecule has 27 heavy (non-hydrogen) atoms. The number of benzene rings is 2. The molecule has 2 aromatic carbocycles. The number of thioether (sulfide) groups is 1. The molecule has 1 N–H and O–H groups in total. The molecule has 2 aromatic rings. The van der Waals surface area contributed by atoms with E-state index in [1.807, 2.05) is 12.1 Å². The van der Waals surface area contributed by atoms with Crippen LogP contribution in [0.3, 0.4) is 0 Å². The Balaban J connectivity index is 1.72. The topological polar surface area (TPSA) is 75.5 Å². The van der Waals surface area contributed by atoms with Gasteiger partial charge in [0.25, 0.3) is 5.69 Å². The summed E-state index contributed by atoms with van der Waals surface area (Å²) in [4.78, 5) is 24.5. The average Bonchev–Trinajstić information content (AvgIpc) is 2.68.